The molecule has 2 aliphatic heterocycles. The number of benzene rings is 3. The third kappa shape index (κ3) is 6.08. The highest BCUT2D eigenvalue weighted by molar-refractivity contribution is 5.88. The lowest BCUT2D eigenvalue weighted by molar-refractivity contribution is -0.162. The normalized spacial score (nSPS) is 18.2. The van der Waals surface area contributed by atoms with Gasteiger partial charge in [-0.25, -0.2) is 4.79 Å². The van der Waals surface area contributed by atoms with Gasteiger partial charge in [-0.3, -0.25) is 4.79 Å². The van der Waals surface area contributed by atoms with Crippen LogP contribution in [0.25, 0.3) is 0 Å². The molecule has 0 aliphatic carbocycles. The fourth-order valence-corrected chi connectivity index (χ4v) is 5.18. The number of amides is 1. The Morgan fingerprint density at radius 2 is 1.69 bits per heavy atom. The van der Waals surface area contributed by atoms with Gasteiger partial charge in [0.1, 0.15) is 12.6 Å². The second-order valence-corrected chi connectivity index (χ2v) is 9.77. The number of hydrogen-bond donors (Lipinski definition) is 1. The number of carbonyl (C=O) groups is 2. The molecule has 3 aromatic carbocycles. The lowest BCUT2D eigenvalue weighted by atomic mass is 9.91. The van der Waals surface area contributed by atoms with Gasteiger partial charge >= 0.3 is 5.97 Å². The average molecular weight is 532 g/mol. The number of nitrogens with zero attached hydrogens (tertiary/aromatic N) is 1. The van der Waals surface area contributed by atoms with Crippen molar-refractivity contribution in [1.82, 2.24) is 4.90 Å². The van der Waals surface area contributed by atoms with Crippen molar-refractivity contribution in [3.05, 3.63) is 95.1 Å². The van der Waals surface area contributed by atoms with Crippen molar-refractivity contribution in [1.29, 1.82) is 0 Å². The summed E-state index contributed by atoms with van der Waals surface area (Å²) in [6.07, 6.45) is 0.407. The summed E-state index contributed by atoms with van der Waals surface area (Å²) in [6, 6.07) is 21.6. The van der Waals surface area contributed by atoms with Crippen LogP contribution < -0.4 is 9.47 Å². The number of ether oxygens (including phenoxy) is 4. The van der Waals surface area contributed by atoms with Gasteiger partial charge in [0.05, 0.1) is 13.2 Å². The molecule has 204 valence electrons. The van der Waals surface area contributed by atoms with Crippen LogP contribution in [0.3, 0.4) is 0 Å². The van der Waals surface area contributed by atoms with Crippen LogP contribution in [0.2, 0.25) is 0 Å². The molecule has 2 aliphatic rings. The van der Waals surface area contributed by atoms with Crippen molar-refractivity contribution in [3.8, 4) is 11.5 Å². The molecule has 0 bridgehead atoms. The summed E-state index contributed by atoms with van der Waals surface area (Å²) in [5.41, 5.74) is 3.24. The van der Waals surface area contributed by atoms with E-state index in [1.807, 2.05) is 66.7 Å². The molecule has 2 atom stereocenters. The number of methoxy groups -OCH3 is 1. The van der Waals surface area contributed by atoms with Crippen LogP contribution >= 0.6 is 0 Å². The summed E-state index contributed by atoms with van der Waals surface area (Å²) in [5, 5.41) is 10.3. The predicted octanol–water partition coefficient (Wildman–Crippen LogP) is 4.55. The smallest absolute Gasteiger partial charge is 0.326 e. The van der Waals surface area contributed by atoms with Crippen LogP contribution in [0, 0.1) is 0 Å². The van der Waals surface area contributed by atoms with Gasteiger partial charge in [0.15, 0.2) is 17.6 Å². The largest absolute Gasteiger partial charge is 0.493 e. The minimum Gasteiger partial charge on any atom is -0.493 e. The molecule has 8 nitrogen and oxygen atoms in total. The van der Waals surface area contributed by atoms with E-state index in [4.69, 9.17) is 18.9 Å². The van der Waals surface area contributed by atoms with Crippen molar-refractivity contribution < 1.29 is 33.6 Å². The van der Waals surface area contributed by atoms with E-state index in [9.17, 15) is 14.7 Å². The molecule has 1 fully saturated rings. The lowest BCUT2D eigenvalue weighted by Crippen LogP contribution is -2.51. The van der Waals surface area contributed by atoms with Gasteiger partial charge in [0, 0.05) is 31.7 Å². The zero-order valence-electron chi connectivity index (χ0n) is 22.0. The van der Waals surface area contributed by atoms with E-state index in [2.05, 4.69) is 0 Å². The van der Waals surface area contributed by atoms with Crippen LogP contribution in [0.1, 0.15) is 41.2 Å². The molecule has 1 amide bonds. The minimum atomic E-state index is -1.08. The van der Waals surface area contributed by atoms with E-state index < -0.39 is 18.1 Å². The topological polar surface area (TPSA) is 94.5 Å². The Labute approximate surface area is 228 Å². The maximum Gasteiger partial charge on any atom is 0.326 e. The van der Waals surface area contributed by atoms with Crippen LogP contribution in [-0.4, -0.2) is 54.4 Å². The van der Waals surface area contributed by atoms with Crippen LogP contribution in [0.4, 0.5) is 0 Å². The molecule has 0 spiro atoms. The number of fused-ring (bicyclic) bond motifs is 1. The van der Waals surface area contributed by atoms with Gasteiger partial charge in [-0.1, -0.05) is 66.7 Å². The van der Waals surface area contributed by atoms with Crippen molar-refractivity contribution in [2.45, 2.75) is 50.7 Å². The minimum absolute atomic E-state index is 0.0938. The maximum absolute atomic E-state index is 14.1. The molecule has 1 N–H and O–H groups in total. The standard InChI is InChI=1S/C31H33NO7/c1-36-27-13-12-23-19-32(26(31(34)35)18-25(23)29(27)38-20-21-8-4-2-5-9-21)30(33)28(22-10-6-3-7-11-22)39-24-14-16-37-17-15-24/h2-13,24,26,28H,14-20H2,1H3,(H,34,35)/t26?,28-/m0/s1. The molecule has 2 heterocycles. The van der Waals surface area contributed by atoms with E-state index in [-0.39, 0.29) is 25.0 Å². The zero-order valence-corrected chi connectivity index (χ0v) is 22.0. The van der Waals surface area contributed by atoms with Crippen LogP contribution in [0.5, 0.6) is 11.5 Å². The fourth-order valence-electron chi connectivity index (χ4n) is 5.18. The first-order valence-electron chi connectivity index (χ1n) is 13.2. The van der Waals surface area contributed by atoms with Gasteiger partial charge < -0.3 is 29.0 Å². The molecule has 1 unspecified atom stereocenters. The molecule has 0 radical (unpaired) electrons. The van der Waals surface area contributed by atoms with E-state index in [1.54, 1.807) is 13.2 Å². The van der Waals surface area contributed by atoms with Crippen LogP contribution in [-0.2, 0) is 38.6 Å². The zero-order chi connectivity index (χ0) is 27.2. The Bertz CT molecular complexity index is 1270. The summed E-state index contributed by atoms with van der Waals surface area (Å²) >= 11 is 0. The van der Waals surface area contributed by atoms with Crippen LogP contribution in [0.15, 0.2) is 72.8 Å². The first-order valence-corrected chi connectivity index (χ1v) is 13.2. The number of carboxylic acids is 1. The molecule has 1 saturated heterocycles. The van der Waals surface area contributed by atoms with E-state index in [0.29, 0.717) is 49.7 Å². The Kier molecular flexibility index (Phi) is 8.44. The molecule has 5 rings (SSSR count). The number of aliphatic carboxylic acids is 1. The van der Waals surface area contributed by atoms with E-state index in [0.717, 1.165) is 16.7 Å². The summed E-state index contributed by atoms with van der Waals surface area (Å²) < 4.78 is 23.6. The van der Waals surface area contributed by atoms with Crippen molar-refractivity contribution in [2.75, 3.05) is 20.3 Å². The molecule has 3 aromatic rings. The van der Waals surface area contributed by atoms with Crippen molar-refractivity contribution >= 4 is 11.9 Å². The maximum atomic E-state index is 14.1. The molecule has 0 saturated carbocycles. The van der Waals surface area contributed by atoms with Gasteiger partial charge in [0.25, 0.3) is 5.91 Å². The fraction of sp³-hybridized carbons (Fsp3) is 0.355. The number of carboxylic acid groups (broad SMARTS) is 1. The molecule has 39 heavy (non-hydrogen) atoms. The molecular weight excluding hydrogens is 498 g/mol. The number of hydrogen-bond acceptors (Lipinski definition) is 6. The molecule has 0 aromatic heterocycles. The Hall–Kier alpha value is -3.88. The molecular formula is C31H33NO7. The third-order valence-corrected chi connectivity index (χ3v) is 7.27. The third-order valence-electron chi connectivity index (χ3n) is 7.27. The first kappa shape index (κ1) is 26.7. The quantitative estimate of drug-likeness (QED) is 0.433. The Morgan fingerprint density at radius 3 is 2.36 bits per heavy atom. The number of carbonyl (C=O) groups excluding carboxylic acids is 1. The highest BCUT2D eigenvalue weighted by atomic mass is 16.5. The highest BCUT2D eigenvalue weighted by Crippen LogP contribution is 2.40. The summed E-state index contributed by atoms with van der Waals surface area (Å²) in [4.78, 5) is 28.0. The first-order chi connectivity index (χ1) is 19.0. The Morgan fingerprint density at radius 1 is 1.00 bits per heavy atom. The Balaban J connectivity index is 1.45. The predicted molar refractivity (Wildman–Crippen MR) is 144 cm³/mol. The molecule has 8 heteroatoms. The second-order valence-electron chi connectivity index (χ2n) is 9.77. The highest BCUT2D eigenvalue weighted by Gasteiger charge is 2.40. The van der Waals surface area contributed by atoms with Gasteiger partial charge in [-0.15, -0.1) is 0 Å². The SMILES string of the molecule is COc1ccc2c(c1OCc1ccccc1)CC(C(=O)O)N(C(=O)[C@@H](OC1CCOCC1)c1ccccc1)C2. The lowest BCUT2D eigenvalue weighted by Gasteiger charge is -2.38. The number of rotatable bonds is 9. The van der Waals surface area contributed by atoms with E-state index in [1.165, 1.54) is 4.90 Å². The van der Waals surface area contributed by atoms with Crippen molar-refractivity contribution in [3.63, 3.8) is 0 Å². The van der Waals surface area contributed by atoms with E-state index >= 15 is 0 Å². The van der Waals surface area contributed by atoms with Gasteiger partial charge in [-0.2, -0.15) is 0 Å². The summed E-state index contributed by atoms with van der Waals surface area (Å²) in [6.45, 7) is 1.58. The summed E-state index contributed by atoms with van der Waals surface area (Å²) in [7, 11) is 1.56. The monoisotopic (exact) mass is 531 g/mol. The average Bonchev–Trinajstić information content (AvgIpc) is 2.99. The second kappa shape index (κ2) is 12.3. The summed E-state index contributed by atoms with van der Waals surface area (Å²) in [5.74, 6) is -0.411. The van der Waals surface area contributed by atoms with Gasteiger partial charge in [0.2, 0.25) is 0 Å². The van der Waals surface area contributed by atoms with Crippen molar-refractivity contribution in [2.24, 2.45) is 0 Å². The van der Waals surface area contributed by atoms with Gasteiger partial charge in [-0.05, 0) is 35.6 Å².